The molecule has 190 valence electrons. The Kier molecular flexibility index (Phi) is 10.0. The van der Waals surface area contributed by atoms with Crippen molar-refractivity contribution in [1.82, 2.24) is 9.88 Å². The molecular formula is C26H34Cl2N4O3. The standard InChI is InChI=1S/C26H32N4O3.2ClH/c1-16(2)15-30-20(12-19-11-18(25(27)28)5-8-24(19)30)13-23(26(31)32)17-3-6-21(7-4-17)33-22-9-10-29-14-22;;/h3-8,11-12,16,22-23,29H,9-10,13-15H2,1-2H3,(H3,27,28)(H,31,32);2*1H/t22-,23?;;/m0../s1. The van der Waals surface area contributed by atoms with E-state index >= 15 is 0 Å². The fourth-order valence-electron chi connectivity index (χ4n) is 4.50. The first kappa shape index (κ1) is 28.5. The second-order valence-electron chi connectivity index (χ2n) is 9.22. The zero-order valence-corrected chi connectivity index (χ0v) is 21.6. The first-order chi connectivity index (χ1) is 15.8. The highest BCUT2D eigenvalue weighted by Crippen LogP contribution is 2.29. The molecule has 9 heteroatoms. The molecular weight excluding hydrogens is 487 g/mol. The quantitative estimate of drug-likeness (QED) is 0.243. The van der Waals surface area contributed by atoms with E-state index in [-0.39, 0.29) is 36.8 Å². The summed E-state index contributed by atoms with van der Waals surface area (Å²) in [6, 6.07) is 15.2. The van der Waals surface area contributed by atoms with Crippen molar-refractivity contribution in [1.29, 1.82) is 5.41 Å². The van der Waals surface area contributed by atoms with E-state index < -0.39 is 11.9 Å². The van der Waals surface area contributed by atoms with Crippen LogP contribution in [0.4, 0.5) is 0 Å². The van der Waals surface area contributed by atoms with Gasteiger partial charge >= 0.3 is 5.97 Å². The van der Waals surface area contributed by atoms with Crippen LogP contribution in [0.1, 0.15) is 43.0 Å². The Bertz CT molecular complexity index is 1160. The SMILES string of the molecule is CC(C)Cn1c(CC(C(=O)O)c2ccc(O[C@H]3CCNC3)cc2)cc2cc(C(=N)N)ccc21.Cl.Cl. The largest absolute Gasteiger partial charge is 0.489 e. The van der Waals surface area contributed by atoms with Gasteiger partial charge < -0.3 is 25.5 Å². The molecule has 2 atom stereocenters. The zero-order chi connectivity index (χ0) is 23.5. The number of nitrogens with one attached hydrogen (secondary N) is 2. The minimum Gasteiger partial charge on any atom is -0.489 e. The van der Waals surface area contributed by atoms with E-state index in [4.69, 9.17) is 15.9 Å². The molecule has 35 heavy (non-hydrogen) atoms. The molecule has 0 bridgehead atoms. The molecule has 0 spiro atoms. The Hall–Kier alpha value is -2.74. The number of benzene rings is 2. The maximum atomic E-state index is 12.3. The highest BCUT2D eigenvalue weighted by molar-refractivity contribution is 5.99. The van der Waals surface area contributed by atoms with Crippen LogP contribution in [0.5, 0.6) is 5.75 Å². The first-order valence-electron chi connectivity index (χ1n) is 11.5. The van der Waals surface area contributed by atoms with Gasteiger partial charge in [-0.1, -0.05) is 26.0 Å². The van der Waals surface area contributed by atoms with Gasteiger partial charge in [0.05, 0.1) is 5.92 Å². The molecule has 1 fully saturated rings. The maximum Gasteiger partial charge on any atom is 0.311 e. The molecule has 4 rings (SSSR count). The summed E-state index contributed by atoms with van der Waals surface area (Å²) in [7, 11) is 0. The highest BCUT2D eigenvalue weighted by atomic mass is 35.5. The van der Waals surface area contributed by atoms with Crippen LogP contribution in [0.25, 0.3) is 10.9 Å². The van der Waals surface area contributed by atoms with Crippen LogP contribution in [-0.2, 0) is 17.8 Å². The van der Waals surface area contributed by atoms with Crippen molar-refractivity contribution in [2.24, 2.45) is 11.7 Å². The van der Waals surface area contributed by atoms with Gasteiger partial charge in [-0.15, -0.1) is 24.8 Å². The molecule has 2 heterocycles. The molecule has 3 aromatic rings. The lowest BCUT2D eigenvalue weighted by Crippen LogP contribution is -2.20. The number of amidine groups is 1. The number of hydrogen-bond acceptors (Lipinski definition) is 4. The van der Waals surface area contributed by atoms with E-state index in [0.717, 1.165) is 54.0 Å². The van der Waals surface area contributed by atoms with Gasteiger partial charge in [-0.3, -0.25) is 10.2 Å². The van der Waals surface area contributed by atoms with Gasteiger partial charge in [0, 0.05) is 41.7 Å². The lowest BCUT2D eigenvalue weighted by molar-refractivity contribution is -0.138. The number of aliphatic carboxylic acids is 1. The van der Waals surface area contributed by atoms with Gasteiger partial charge in [0.2, 0.25) is 0 Å². The second-order valence-corrected chi connectivity index (χ2v) is 9.22. The summed E-state index contributed by atoms with van der Waals surface area (Å²) in [5, 5.41) is 22.0. The number of nitrogen functional groups attached to an aromatic ring is 1. The molecule has 0 radical (unpaired) electrons. The average molecular weight is 521 g/mol. The number of fused-ring (bicyclic) bond motifs is 1. The van der Waals surface area contributed by atoms with Gasteiger partial charge in [0.15, 0.2) is 0 Å². The van der Waals surface area contributed by atoms with Crippen LogP contribution < -0.4 is 15.8 Å². The van der Waals surface area contributed by atoms with Crippen LogP contribution in [-0.4, -0.2) is 40.7 Å². The molecule has 5 N–H and O–H groups in total. The molecule has 7 nitrogen and oxygen atoms in total. The third-order valence-electron chi connectivity index (χ3n) is 6.16. The minimum absolute atomic E-state index is 0. The number of carboxylic acid groups (broad SMARTS) is 1. The van der Waals surface area contributed by atoms with Gasteiger partial charge in [-0.05, 0) is 60.8 Å². The summed E-state index contributed by atoms with van der Waals surface area (Å²) in [6.45, 7) is 6.87. The van der Waals surface area contributed by atoms with Crippen molar-refractivity contribution < 1.29 is 14.6 Å². The number of carbonyl (C=O) groups is 1. The van der Waals surface area contributed by atoms with Crippen LogP contribution in [0, 0.1) is 11.3 Å². The van der Waals surface area contributed by atoms with E-state index in [1.165, 1.54) is 0 Å². The Morgan fingerprint density at radius 3 is 2.49 bits per heavy atom. The topological polar surface area (TPSA) is 113 Å². The normalized spacial score (nSPS) is 15.9. The number of ether oxygens (including phenoxy) is 1. The predicted octanol–water partition coefficient (Wildman–Crippen LogP) is 4.58. The summed E-state index contributed by atoms with van der Waals surface area (Å²) in [5.41, 5.74) is 9.09. The van der Waals surface area contributed by atoms with Crippen molar-refractivity contribution in [3.05, 3.63) is 65.4 Å². The van der Waals surface area contributed by atoms with E-state index in [9.17, 15) is 9.90 Å². The zero-order valence-electron chi connectivity index (χ0n) is 20.0. The Labute approximate surface area is 218 Å². The number of nitrogens with zero attached hydrogens (tertiary/aromatic N) is 1. The fourth-order valence-corrected chi connectivity index (χ4v) is 4.50. The van der Waals surface area contributed by atoms with Crippen LogP contribution >= 0.6 is 24.8 Å². The fraction of sp³-hybridized carbons (Fsp3) is 0.385. The van der Waals surface area contributed by atoms with Crippen LogP contribution in [0.3, 0.4) is 0 Å². The smallest absolute Gasteiger partial charge is 0.311 e. The van der Waals surface area contributed by atoms with E-state index in [2.05, 4.69) is 23.7 Å². The van der Waals surface area contributed by atoms with E-state index in [1.807, 2.05) is 48.5 Å². The van der Waals surface area contributed by atoms with Crippen molar-refractivity contribution in [2.45, 2.75) is 45.3 Å². The van der Waals surface area contributed by atoms with Gasteiger partial charge in [0.1, 0.15) is 17.7 Å². The lowest BCUT2D eigenvalue weighted by atomic mass is 9.94. The molecule has 1 unspecified atom stereocenters. The summed E-state index contributed by atoms with van der Waals surface area (Å²) < 4.78 is 8.18. The number of carboxylic acids is 1. The van der Waals surface area contributed by atoms with Crippen molar-refractivity contribution >= 4 is 47.5 Å². The number of halogens is 2. The van der Waals surface area contributed by atoms with Gasteiger partial charge in [-0.25, -0.2) is 0 Å². The molecule has 1 aromatic heterocycles. The molecule has 0 amide bonds. The number of rotatable bonds is 9. The van der Waals surface area contributed by atoms with Crippen LogP contribution in [0.2, 0.25) is 0 Å². The Morgan fingerprint density at radius 2 is 1.91 bits per heavy atom. The van der Waals surface area contributed by atoms with Crippen molar-refractivity contribution in [3.8, 4) is 5.75 Å². The Morgan fingerprint density at radius 1 is 1.20 bits per heavy atom. The van der Waals surface area contributed by atoms with Gasteiger partial charge in [-0.2, -0.15) is 0 Å². The summed E-state index contributed by atoms with van der Waals surface area (Å²) in [5.74, 6) is -0.336. The summed E-state index contributed by atoms with van der Waals surface area (Å²) in [4.78, 5) is 12.3. The maximum absolute atomic E-state index is 12.3. The molecule has 2 aromatic carbocycles. The molecule has 0 saturated carbocycles. The van der Waals surface area contributed by atoms with Crippen molar-refractivity contribution in [3.63, 3.8) is 0 Å². The third-order valence-corrected chi connectivity index (χ3v) is 6.16. The van der Waals surface area contributed by atoms with Crippen molar-refractivity contribution in [2.75, 3.05) is 13.1 Å². The third kappa shape index (κ3) is 6.69. The van der Waals surface area contributed by atoms with E-state index in [1.54, 1.807) is 0 Å². The second kappa shape index (κ2) is 12.3. The first-order valence-corrected chi connectivity index (χ1v) is 11.5. The molecule has 1 aliphatic rings. The average Bonchev–Trinajstić information content (AvgIpc) is 3.40. The van der Waals surface area contributed by atoms with E-state index in [0.29, 0.717) is 17.9 Å². The van der Waals surface area contributed by atoms with Crippen LogP contribution in [0.15, 0.2) is 48.5 Å². The summed E-state index contributed by atoms with van der Waals surface area (Å²) >= 11 is 0. The molecule has 1 aliphatic heterocycles. The minimum atomic E-state index is -0.852. The summed E-state index contributed by atoms with van der Waals surface area (Å²) in [6.07, 6.45) is 1.52. The predicted molar refractivity (Wildman–Crippen MR) is 145 cm³/mol. The Balaban J connectivity index is 0.00000216. The number of hydrogen-bond donors (Lipinski definition) is 4. The molecule has 0 aliphatic carbocycles. The van der Waals surface area contributed by atoms with Gasteiger partial charge in [0.25, 0.3) is 0 Å². The number of aromatic nitrogens is 1. The molecule has 1 saturated heterocycles. The number of nitrogens with two attached hydrogens (primary N) is 1. The monoisotopic (exact) mass is 520 g/mol. The highest BCUT2D eigenvalue weighted by Gasteiger charge is 2.24. The lowest BCUT2D eigenvalue weighted by Gasteiger charge is -2.18.